The van der Waals surface area contributed by atoms with Gasteiger partial charge in [-0.1, -0.05) is 85.8 Å². The molecule has 0 unspecified atom stereocenters. The van der Waals surface area contributed by atoms with Crippen LogP contribution in [0, 0.1) is 5.92 Å². The molecule has 1 aliphatic rings. The van der Waals surface area contributed by atoms with Gasteiger partial charge in [0.05, 0.1) is 38.3 Å². The fourth-order valence-corrected chi connectivity index (χ4v) is 4.80. The first-order valence-corrected chi connectivity index (χ1v) is 16.4. The van der Waals surface area contributed by atoms with E-state index in [0.717, 1.165) is 61.0 Å². The van der Waals surface area contributed by atoms with Crippen molar-refractivity contribution < 1.29 is 23.8 Å². The number of hydrogen-bond acceptors (Lipinski definition) is 7. The number of carbonyl (C=O) groups excluding carboxylic acids is 2. The van der Waals surface area contributed by atoms with Gasteiger partial charge in [-0.05, 0) is 31.2 Å². The van der Waals surface area contributed by atoms with Gasteiger partial charge in [-0.2, -0.15) is 5.10 Å². The number of fused-ring (bicyclic) bond motifs is 5. The maximum Gasteiger partial charge on any atom is 0.343 e. The number of hydrogen-bond donors (Lipinski definition) is 0. The monoisotopic (exact) mass is 611 g/mol. The van der Waals surface area contributed by atoms with Crippen LogP contribution in [0.5, 0.6) is 5.75 Å². The summed E-state index contributed by atoms with van der Waals surface area (Å²) in [5.74, 6) is 0.803. The van der Waals surface area contributed by atoms with Gasteiger partial charge in [0, 0.05) is 30.6 Å². The molecule has 3 aromatic rings. The Morgan fingerprint density at radius 1 is 0.955 bits per heavy atom. The highest BCUT2D eigenvalue weighted by atomic mass is 16.5. The lowest BCUT2D eigenvalue weighted by Crippen LogP contribution is -2.24. The smallest absolute Gasteiger partial charge is 0.343 e. The molecular formula is C35H53N3O6. The second kappa shape index (κ2) is 19.6. The zero-order chi connectivity index (χ0) is 32.5. The van der Waals surface area contributed by atoms with E-state index in [1.54, 1.807) is 6.20 Å². The number of pyridine rings is 1. The number of aromatic nitrogens is 3. The number of ether oxygens (including phenoxy) is 3. The average Bonchev–Trinajstić information content (AvgIpc) is 3.40. The third kappa shape index (κ3) is 10.8. The molecule has 9 nitrogen and oxygen atoms in total. The third-order valence-corrected chi connectivity index (χ3v) is 6.85. The summed E-state index contributed by atoms with van der Waals surface area (Å²) >= 11 is 0. The topological polar surface area (TPSA) is 102 Å². The van der Waals surface area contributed by atoms with Gasteiger partial charge in [-0.15, -0.1) is 0 Å². The molecule has 0 N–H and O–H groups in total. The molecule has 3 heterocycles. The molecule has 1 aliphatic heterocycles. The maximum atomic E-state index is 12.6. The van der Waals surface area contributed by atoms with Crippen molar-refractivity contribution in [2.24, 2.45) is 5.92 Å². The Kier molecular flexibility index (Phi) is 16.3. The van der Waals surface area contributed by atoms with E-state index in [1.165, 1.54) is 26.0 Å². The lowest BCUT2D eigenvalue weighted by atomic mass is 10.1. The van der Waals surface area contributed by atoms with Crippen LogP contribution in [0.25, 0.3) is 22.3 Å². The summed E-state index contributed by atoms with van der Waals surface area (Å²) in [6.45, 7) is 15.0. The van der Waals surface area contributed by atoms with Crippen molar-refractivity contribution >= 4 is 22.8 Å². The molecule has 9 heteroatoms. The predicted molar refractivity (Wildman–Crippen MR) is 176 cm³/mol. The molecule has 244 valence electrons. The van der Waals surface area contributed by atoms with Crippen LogP contribution in [-0.4, -0.2) is 46.6 Å². The fraction of sp³-hybridized carbons (Fsp3) is 0.600. The van der Waals surface area contributed by atoms with E-state index in [2.05, 4.69) is 27.7 Å². The Balaban J connectivity index is 0.00000104. The van der Waals surface area contributed by atoms with Crippen LogP contribution in [0.2, 0.25) is 0 Å². The minimum absolute atomic E-state index is 0.0249. The van der Waals surface area contributed by atoms with Gasteiger partial charge in [0.2, 0.25) is 0 Å². The molecule has 0 atom stereocenters. The van der Waals surface area contributed by atoms with E-state index in [1.807, 2.05) is 41.3 Å². The number of unbranched alkanes of at least 4 members (excludes halogenated alkanes) is 6. The second-order valence-electron chi connectivity index (χ2n) is 11.4. The van der Waals surface area contributed by atoms with E-state index in [9.17, 15) is 14.4 Å². The Labute approximate surface area is 262 Å². The molecule has 0 fully saturated rings. The van der Waals surface area contributed by atoms with E-state index >= 15 is 0 Å². The molecule has 0 saturated heterocycles. The van der Waals surface area contributed by atoms with E-state index < -0.39 is 5.97 Å². The summed E-state index contributed by atoms with van der Waals surface area (Å²) in [4.78, 5) is 36.4. The van der Waals surface area contributed by atoms with Gasteiger partial charge in [0.25, 0.3) is 0 Å². The number of carbonyl (C=O) groups is 2. The van der Waals surface area contributed by atoms with Crippen LogP contribution in [0.1, 0.15) is 110 Å². The summed E-state index contributed by atoms with van der Waals surface area (Å²) in [6.07, 6.45) is 10.1. The van der Waals surface area contributed by atoms with Crippen LogP contribution >= 0.6 is 0 Å². The standard InChI is InChI=1S/C29H37N3O6.C4H10.C2H6/c1-3-4-5-9-18-38-26(34)14-8-6-7-10-17-37-25-13-11-12-21-27(25)30-32-16-15-31-20-22(29(35)36-2)24(33)19-23(31)28(21)32;1-4(2)3;1-2/h11-13,19-20H,3-10,14-18H2,1-2H3;4H,1-3H3;1-2H3. The highest BCUT2D eigenvalue weighted by molar-refractivity contribution is 5.96. The maximum absolute atomic E-state index is 12.6. The molecule has 0 radical (unpaired) electrons. The molecule has 0 amide bonds. The number of benzene rings is 1. The molecule has 0 saturated carbocycles. The number of methoxy groups -OCH3 is 1. The van der Waals surface area contributed by atoms with Crippen molar-refractivity contribution in [1.82, 2.24) is 14.3 Å². The fourth-order valence-electron chi connectivity index (χ4n) is 4.80. The van der Waals surface area contributed by atoms with E-state index in [-0.39, 0.29) is 17.0 Å². The third-order valence-electron chi connectivity index (χ3n) is 6.85. The van der Waals surface area contributed by atoms with E-state index in [4.69, 9.17) is 19.3 Å². The summed E-state index contributed by atoms with van der Waals surface area (Å²) < 4.78 is 19.9. The van der Waals surface area contributed by atoms with Crippen LogP contribution in [0.15, 0.2) is 35.3 Å². The van der Waals surface area contributed by atoms with Gasteiger partial charge in [0.15, 0.2) is 5.43 Å². The molecule has 4 rings (SSSR count). The SMILES string of the molecule is CC.CC(C)C.CCCCCCOC(=O)CCCCCCOc1cccc2c3n(nc12)CCn1cc(C(=O)OC)c(=O)cc1-3. The summed E-state index contributed by atoms with van der Waals surface area (Å²) in [5, 5.41) is 5.67. The normalized spacial score (nSPS) is 11.5. The molecule has 44 heavy (non-hydrogen) atoms. The number of rotatable bonds is 14. The number of aryl methyl sites for hydroxylation is 2. The molecule has 2 aromatic heterocycles. The zero-order valence-corrected chi connectivity index (χ0v) is 27.9. The van der Waals surface area contributed by atoms with Gasteiger partial charge in [-0.3, -0.25) is 14.3 Å². The van der Waals surface area contributed by atoms with Crippen molar-refractivity contribution in [3.05, 3.63) is 46.2 Å². The minimum Gasteiger partial charge on any atom is -0.491 e. The zero-order valence-electron chi connectivity index (χ0n) is 27.9. The predicted octanol–water partition coefficient (Wildman–Crippen LogP) is 7.81. The number of nitrogens with zero attached hydrogens (tertiary/aromatic N) is 3. The Morgan fingerprint density at radius 3 is 2.34 bits per heavy atom. The van der Waals surface area contributed by atoms with Crippen molar-refractivity contribution in [2.45, 2.75) is 112 Å². The Hall–Kier alpha value is -3.62. The highest BCUT2D eigenvalue weighted by Crippen LogP contribution is 2.35. The molecule has 0 bridgehead atoms. The van der Waals surface area contributed by atoms with Crippen LogP contribution in [0.4, 0.5) is 0 Å². The number of esters is 2. The van der Waals surface area contributed by atoms with Crippen molar-refractivity contribution in [2.75, 3.05) is 20.3 Å². The van der Waals surface area contributed by atoms with Crippen LogP contribution in [-0.2, 0) is 27.4 Å². The minimum atomic E-state index is -0.636. The van der Waals surface area contributed by atoms with Gasteiger partial charge < -0.3 is 18.8 Å². The van der Waals surface area contributed by atoms with Crippen molar-refractivity contribution in [1.29, 1.82) is 0 Å². The Bertz CT molecular complexity index is 1370. The van der Waals surface area contributed by atoms with Crippen molar-refractivity contribution in [3.63, 3.8) is 0 Å². The lowest BCUT2D eigenvalue weighted by molar-refractivity contribution is -0.143. The average molecular weight is 612 g/mol. The van der Waals surface area contributed by atoms with Gasteiger partial charge in [0.1, 0.15) is 16.8 Å². The lowest BCUT2D eigenvalue weighted by Gasteiger charge is -2.21. The second-order valence-corrected chi connectivity index (χ2v) is 11.4. The first-order chi connectivity index (χ1) is 21.3. The van der Waals surface area contributed by atoms with Crippen LogP contribution < -0.4 is 10.2 Å². The molecule has 0 spiro atoms. The first-order valence-electron chi connectivity index (χ1n) is 16.4. The summed E-state index contributed by atoms with van der Waals surface area (Å²) in [6, 6.07) is 7.28. The molecule has 0 aliphatic carbocycles. The quantitative estimate of drug-likeness (QED) is 0.135. The van der Waals surface area contributed by atoms with Gasteiger partial charge in [-0.25, -0.2) is 4.79 Å². The van der Waals surface area contributed by atoms with Gasteiger partial charge >= 0.3 is 11.9 Å². The van der Waals surface area contributed by atoms with Crippen LogP contribution in [0.3, 0.4) is 0 Å². The molecular weight excluding hydrogens is 558 g/mol. The first kappa shape index (κ1) is 36.6. The van der Waals surface area contributed by atoms with E-state index in [0.29, 0.717) is 44.2 Å². The summed E-state index contributed by atoms with van der Waals surface area (Å²) in [7, 11) is 1.27. The Morgan fingerprint density at radius 2 is 1.64 bits per heavy atom. The van der Waals surface area contributed by atoms with Crippen molar-refractivity contribution in [3.8, 4) is 17.1 Å². The highest BCUT2D eigenvalue weighted by Gasteiger charge is 2.24. The largest absolute Gasteiger partial charge is 0.491 e. The molecule has 1 aromatic carbocycles. The summed E-state index contributed by atoms with van der Waals surface area (Å²) in [5.41, 5.74) is 1.95.